The summed E-state index contributed by atoms with van der Waals surface area (Å²) in [7, 11) is 0. The molecule has 0 radical (unpaired) electrons. The second-order valence-electron chi connectivity index (χ2n) is 2.92. The smallest absolute Gasteiger partial charge is 0.291 e. The van der Waals surface area contributed by atoms with Crippen LogP contribution in [-0.2, 0) is 6.54 Å². The van der Waals surface area contributed by atoms with Crippen LogP contribution >= 0.6 is 23.4 Å². The Kier molecular flexibility index (Phi) is 2.29. The summed E-state index contributed by atoms with van der Waals surface area (Å²) in [6, 6.07) is 5.33. The molecule has 0 atom stereocenters. The third kappa shape index (κ3) is 1.16. The third-order valence-corrected chi connectivity index (χ3v) is 2.79. The molecule has 1 heterocycles. The van der Waals surface area contributed by atoms with Gasteiger partial charge < -0.3 is 0 Å². The van der Waals surface area contributed by atoms with Gasteiger partial charge in [0.05, 0.1) is 10.5 Å². The maximum absolute atomic E-state index is 11.6. The first-order valence-electron chi connectivity index (χ1n) is 4.22. The lowest BCUT2D eigenvalue weighted by Crippen LogP contribution is -2.18. The zero-order valence-electron chi connectivity index (χ0n) is 7.50. The second-order valence-corrected chi connectivity index (χ2v) is 3.66. The average molecular weight is 231 g/mol. The summed E-state index contributed by atoms with van der Waals surface area (Å²) in [5, 5.41) is 0.488. The summed E-state index contributed by atoms with van der Waals surface area (Å²) in [5.41, 5.74) is 1.08. The summed E-state index contributed by atoms with van der Waals surface area (Å²) in [6.45, 7) is 2.47. The van der Waals surface area contributed by atoms with E-state index in [1.807, 2.05) is 13.0 Å². The average Bonchev–Trinajstić information content (AvgIpc) is 2.41. The van der Waals surface area contributed by atoms with E-state index in [4.69, 9.17) is 23.4 Å². The van der Waals surface area contributed by atoms with Crippen molar-refractivity contribution in [3.63, 3.8) is 0 Å². The van der Waals surface area contributed by atoms with E-state index in [0.29, 0.717) is 17.1 Å². The fourth-order valence-electron chi connectivity index (χ4n) is 1.53. The molecule has 0 amide bonds. The fourth-order valence-corrected chi connectivity index (χ4v) is 2.09. The molecule has 0 bridgehead atoms. The van der Waals surface area contributed by atoms with Crippen LogP contribution in [-0.4, -0.2) is 8.65 Å². The minimum absolute atomic E-state index is 0.253. The van der Waals surface area contributed by atoms with Crippen molar-refractivity contribution >= 4 is 34.4 Å². The van der Waals surface area contributed by atoms with Gasteiger partial charge in [0.2, 0.25) is 0 Å². The number of benzene rings is 1. The molecule has 0 N–H and O–H groups in total. The first-order valence-corrected chi connectivity index (χ1v) is 4.94. The van der Waals surface area contributed by atoms with Gasteiger partial charge >= 0.3 is 5.69 Å². The molecule has 2 aromatic rings. The molecule has 2 rings (SSSR count). The van der Waals surface area contributed by atoms with E-state index in [9.17, 15) is 4.79 Å². The Labute approximate surface area is 90.6 Å². The number of nitrogens with zero attached hydrogens (tertiary/aromatic N) is 2. The van der Waals surface area contributed by atoms with Gasteiger partial charge in [0, 0.05) is 18.3 Å². The molecule has 74 valence electrons. The highest BCUT2D eigenvalue weighted by molar-refractivity contribution is 6.36. The summed E-state index contributed by atoms with van der Waals surface area (Å²) in [5.74, 6) is 0. The highest BCUT2D eigenvalue weighted by Crippen LogP contribution is 2.22. The molecular formula is C9H8Cl2N2O. The maximum Gasteiger partial charge on any atom is 0.344 e. The second kappa shape index (κ2) is 3.33. The number of hydrogen-bond donors (Lipinski definition) is 0. The van der Waals surface area contributed by atoms with E-state index >= 15 is 0 Å². The Morgan fingerprint density at radius 3 is 2.79 bits per heavy atom. The number of imidazole rings is 1. The normalized spacial score (nSPS) is 11.1. The number of fused-ring (bicyclic) bond motifs is 1. The Morgan fingerprint density at radius 2 is 2.14 bits per heavy atom. The molecule has 5 heteroatoms. The van der Waals surface area contributed by atoms with Crippen LogP contribution in [0.25, 0.3) is 11.0 Å². The molecule has 14 heavy (non-hydrogen) atoms. The number of aryl methyl sites for hydroxylation is 1. The highest BCUT2D eigenvalue weighted by Gasteiger charge is 2.12. The molecule has 0 aliphatic rings. The molecule has 0 fully saturated rings. The fraction of sp³-hybridized carbons (Fsp3) is 0.222. The number of rotatable bonds is 1. The Hall–Kier alpha value is -0.930. The first-order chi connectivity index (χ1) is 6.66. The Balaban J connectivity index is 3.03. The van der Waals surface area contributed by atoms with Crippen molar-refractivity contribution < 1.29 is 0 Å². The number of para-hydroxylation sites is 1. The molecule has 3 nitrogen and oxygen atoms in total. The van der Waals surface area contributed by atoms with Crippen molar-refractivity contribution in [2.45, 2.75) is 13.5 Å². The van der Waals surface area contributed by atoms with Gasteiger partial charge in [-0.1, -0.05) is 17.7 Å². The largest absolute Gasteiger partial charge is 0.344 e. The third-order valence-electron chi connectivity index (χ3n) is 2.17. The predicted molar refractivity (Wildman–Crippen MR) is 58.1 cm³/mol. The minimum Gasteiger partial charge on any atom is -0.291 e. The molecule has 1 aromatic carbocycles. The summed E-state index contributed by atoms with van der Waals surface area (Å²) in [4.78, 5) is 11.6. The molecular weight excluding hydrogens is 223 g/mol. The van der Waals surface area contributed by atoms with E-state index in [1.165, 1.54) is 0 Å². The molecule has 0 saturated carbocycles. The topological polar surface area (TPSA) is 26.9 Å². The number of hydrogen-bond acceptors (Lipinski definition) is 1. The lowest BCUT2D eigenvalue weighted by molar-refractivity contribution is 0.746. The van der Waals surface area contributed by atoms with Crippen LogP contribution in [0.3, 0.4) is 0 Å². The van der Waals surface area contributed by atoms with Gasteiger partial charge in [0.15, 0.2) is 0 Å². The van der Waals surface area contributed by atoms with E-state index in [-0.39, 0.29) is 5.69 Å². The predicted octanol–water partition coefficient (Wildman–Crippen LogP) is 2.48. The molecule has 0 aliphatic heterocycles. The first kappa shape index (κ1) is 9.62. The van der Waals surface area contributed by atoms with Crippen molar-refractivity contribution in [2.75, 3.05) is 0 Å². The van der Waals surface area contributed by atoms with Gasteiger partial charge in [-0.3, -0.25) is 4.57 Å². The number of aromatic nitrogens is 2. The quantitative estimate of drug-likeness (QED) is 0.740. The highest BCUT2D eigenvalue weighted by atomic mass is 35.5. The van der Waals surface area contributed by atoms with Crippen molar-refractivity contribution in [1.82, 2.24) is 8.65 Å². The van der Waals surface area contributed by atoms with Crippen LogP contribution in [0.1, 0.15) is 6.92 Å². The van der Waals surface area contributed by atoms with E-state index in [1.54, 1.807) is 16.7 Å². The van der Waals surface area contributed by atoms with Gasteiger partial charge in [0.1, 0.15) is 5.52 Å². The van der Waals surface area contributed by atoms with Crippen molar-refractivity contribution in [1.29, 1.82) is 0 Å². The van der Waals surface area contributed by atoms with E-state index < -0.39 is 0 Å². The van der Waals surface area contributed by atoms with Crippen LogP contribution in [0.15, 0.2) is 23.0 Å². The maximum atomic E-state index is 11.6. The van der Waals surface area contributed by atoms with Crippen molar-refractivity contribution in [3.05, 3.63) is 33.7 Å². The van der Waals surface area contributed by atoms with Crippen LogP contribution < -0.4 is 5.69 Å². The summed E-state index contributed by atoms with van der Waals surface area (Å²) in [6.07, 6.45) is 0. The van der Waals surface area contributed by atoms with Gasteiger partial charge in [-0.25, -0.2) is 4.79 Å². The standard InChI is InChI=1S/C9H8Cl2N2O/c1-2-12-7-5-3-4-6(10)8(7)13(11)9(12)14/h3-5H,2H2,1H3. The zero-order valence-corrected chi connectivity index (χ0v) is 9.01. The van der Waals surface area contributed by atoms with Crippen LogP contribution in [0.4, 0.5) is 0 Å². The zero-order chi connectivity index (χ0) is 10.3. The number of halogens is 2. The molecule has 0 aliphatic carbocycles. The van der Waals surface area contributed by atoms with Gasteiger partial charge in [-0.15, -0.1) is 0 Å². The monoisotopic (exact) mass is 230 g/mol. The lowest BCUT2D eigenvalue weighted by Gasteiger charge is -1.97. The Bertz CT molecular complexity index is 541. The van der Waals surface area contributed by atoms with Gasteiger partial charge in [-0.05, 0) is 19.1 Å². The summed E-state index contributed by atoms with van der Waals surface area (Å²) >= 11 is 11.8. The minimum atomic E-state index is -0.253. The Morgan fingerprint density at radius 1 is 1.43 bits per heavy atom. The molecule has 0 spiro atoms. The summed E-state index contributed by atoms with van der Waals surface area (Å²) < 4.78 is 2.63. The van der Waals surface area contributed by atoms with E-state index in [0.717, 1.165) is 9.60 Å². The molecule has 1 aromatic heterocycles. The molecule has 0 saturated heterocycles. The van der Waals surface area contributed by atoms with Crippen molar-refractivity contribution in [2.24, 2.45) is 0 Å². The van der Waals surface area contributed by atoms with Crippen LogP contribution in [0.5, 0.6) is 0 Å². The van der Waals surface area contributed by atoms with E-state index in [2.05, 4.69) is 0 Å². The SMILES string of the molecule is CCn1c(=O)n(Cl)c2c(Cl)cccc21. The van der Waals surface area contributed by atoms with Crippen molar-refractivity contribution in [3.8, 4) is 0 Å². The lowest BCUT2D eigenvalue weighted by atomic mass is 10.3. The van der Waals surface area contributed by atoms with Gasteiger partial charge in [0.25, 0.3) is 0 Å². The van der Waals surface area contributed by atoms with Crippen LogP contribution in [0, 0.1) is 0 Å². The van der Waals surface area contributed by atoms with Gasteiger partial charge in [-0.2, -0.15) is 4.09 Å². The molecule has 0 unspecified atom stereocenters. The van der Waals surface area contributed by atoms with Crippen LogP contribution in [0.2, 0.25) is 5.02 Å².